The van der Waals surface area contributed by atoms with Crippen LogP contribution < -0.4 is 10.1 Å². The van der Waals surface area contributed by atoms with Crippen LogP contribution in [0.2, 0.25) is 5.02 Å². The van der Waals surface area contributed by atoms with Crippen LogP contribution in [0.15, 0.2) is 54.6 Å². The molecule has 0 radical (unpaired) electrons. The average Bonchev–Trinajstić information content (AvgIpc) is 3.19. The molecular formula is C21H17ClN6O4. The van der Waals surface area contributed by atoms with E-state index in [9.17, 15) is 14.9 Å². The molecule has 4 aromatic rings. The van der Waals surface area contributed by atoms with Crippen LogP contribution in [-0.2, 0) is 0 Å². The van der Waals surface area contributed by atoms with Crippen LogP contribution in [0, 0.1) is 17.0 Å². The van der Waals surface area contributed by atoms with E-state index in [2.05, 4.69) is 20.6 Å². The smallest absolute Gasteiger partial charge is 0.272 e. The normalized spacial score (nSPS) is 10.8. The Balaban J connectivity index is 1.39. The molecule has 2 heterocycles. The number of halogens is 1. The summed E-state index contributed by atoms with van der Waals surface area (Å²) in [5.41, 5.74) is 1.95. The number of amides is 1. The lowest BCUT2D eigenvalue weighted by Crippen LogP contribution is -2.28. The van der Waals surface area contributed by atoms with Crippen molar-refractivity contribution in [3.05, 3.63) is 80.9 Å². The largest absolute Gasteiger partial charge is 0.475 e. The van der Waals surface area contributed by atoms with Gasteiger partial charge >= 0.3 is 0 Å². The third-order valence-corrected chi connectivity index (χ3v) is 4.98. The fraction of sp³-hybridized carbons (Fsp3) is 0.143. The summed E-state index contributed by atoms with van der Waals surface area (Å²) in [5, 5.41) is 26.8. The Morgan fingerprint density at radius 1 is 1.19 bits per heavy atom. The highest BCUT2D eigenvalue weighted by Gasteiger charge is 2.15. The van der Waals surface area contributed by atoms with Gasteiger partial charge in [0.05, 0.1) is 16.5 Å². The quantitative estimate of drug-likeness (QED) is 0.258. The van der Waals surface area contributed by atoms with Gasteiger partial charge in [-0.15, -0.1) is 15.3 Å². The number of carbonyl (C=O) groups is 1. The topological polar surface area (TPSA) is 125 Å². The second-order valence-corrected chi connectivity index (χ2v) is 7.21. The van der Waals surface area contributed by atoms with Gasteiger partial charge in [-0.3, -0.25) is 14.9 Å². The van der Waals surface area contributed by atoms with Crippen molar-refractivity contribution in [2.45, 2.75) is 6.92 Å². The molecule has 11 heteroatoms. The van der Waals surface area contributed by atoms with Crippen molar-refractivity contribution >= 4 is 28.8 Å². The number of nitro groups is 1. The highest BCUT2D eigenvalue weighted by atomic mass is 35.5. The van der Waals surface area contributed by atoms with Crippen LogP contribution in [0.5, 0.6) is 5.88 Å². The number of hydrogen-bond donors (Lipinski definition) is 1. The lowest BCUT2D eigenvalue weighted by molar-refractivity contribution is -0.385. The van der Waals surface area contributed by atoms with Gasteiger partial charge in [-0.25, -0.2) is 0 Å². The number of aromatic nitrogens is 4. The van der Waals surface area contributed by atoms with Crippen molar-refractivity contribution in [2.75, 3.05) is 13.2 Å². The van der Waals surface area contributed by atoms with Crippen LogP contribution in [0.4, 0.5) is 5.69 Å². The van der Waals surface area contributed by atoms with Gasteiger partial charge in [0.1, 0.15) is 6.61 Å². The predicted molar refractivity (Wildman–Crippen MR) is 117 cm³/mol. The molecule has 2 aromatic carbocycles. The third kappa shape index (κ3) is 4.35. The monoisotopic (exact) mass is 452 g/mol. The van der Waals surface area contributed by atoms with Crippen LogP contribution >= 0.6 is 11.6 Å². The highest BCUT2D eigenvalue weighted by molar-refractivity contribution is 6.33. The maximum absolute atomic E-state index is 12.3. The molecule has 0 aliphatic rings. The molecule has 1 N–H and O–H groups in total. The summed E-state index contributed by atoms with van der Waals surface area (Å²) in [6.45, 7) is 1.97. The molecule has 162 valence electrons. The third-order valence-electron chi connectivity index (χ3n) is 4.65. The summed E-state index contributed by atoms with van der Waals surface area (Å²) >= 11 is 6.26. The Morgan fingerprint density at radius 3 is 2.75 bits per heavy atom. The summed E-state index contributed by atoms with van der Waals surface area (Å²) in [4.78, 5) is 22.7. The number of aryl methyl sites for hydroxylation is 1. The number of hydrogen-bond acceptors (Lipinski definition) is 7. The van der Waals surface area contributed by atoms with E-state index in [0.717, 1.165) is 0 Å². The van der Waals surface area contributed by atoms with E-state index in [4.69, 9.17) is 16.3 Å². The Hall–Kier alpha value is -4.05. The van der Waals surface area contributed by atoms with Crippen molar-refractivity contribution < 1.29 is 14.5 Å². The first-order valence-electron chi connectivity index (χ1n) is 9.57. The molecule has 0 bridgehead atoms. The van der Waals surface area contributed by atoms with Crippen LogP contribution in [0.3, 0.4) is 0 Å². The molecule has 0 unspecified atom stereocenters. The van der Waals surface area contributed by atoms with E-state index in [1.165, 1.54) is 22.7 Å². The van der Waals surface area contributed by atoms with Crippen molar-refractivity contribution in [1.82, 2.24) is 25.1 Å². The Kier molecular flexibility index (Phi) is 5.95. The van der Waals surface area contributed by atoms with Gasteiger partial charge < -0.3 is 10.1 Å². The SMILES string of the molecule is Cc1cc(C(=O)NCCOc2ccc3nnc(-c4ccccc4Cl)n3n2)ccc1[N+](=O)[O-]. The molecule has 0 saturated carbocycles. The first kappa shape index (κ1) is 21.2. The molecule has 4 rings (SSSR count). The van der Waals surface area contributed by atoms with E-state index < -0.39 is 4.92 Å². The Morgan fingerprint density at radius 2 is 2.00 bits per heavy atom. The molecule has 10 nitrogen and oxygen atoms in total. The lowest BCUT2D eigenvalue weighted by Gasteiger charge is -2.08. The van der Waals surface area contributed by atoms with Crippen molar-refractivity contribution in [1.29, 1.82) is 0 Å². The zero-order valence-electron chi connectivity index (χ0n) is 16.9. The number of fused-ring (bicyclic) bond motifs is 1. The predicted octanol–water partition coefficient (Wildman–Crippen LogP) is 3.47. The van der Waals surface area contributed by atoms with Crippen molar-refractivity contribution in [2.24, 2.45) is 0 Å². The Labute approximate surface area is 187 Å². The van der Waals surface area contributed by atoms with Crippen LogP contribution in [-0.4, -0.2) is 43.8 Å². The fourth-order valence-electron chi connectivity index (χ4n) is 3.08. The summed E-state index contributed by atoms with van der Waals surface area (Å²) in [7, 11) is 0. The number of nitrogens with one attached hydrogen (secondary N) is 1. The minimum atomic E-state index is -0.484. The maximum atomic E-state index is 12.3. The number of benzene rings is 2. The van der Waals surface area contributed by atoms with Crippen LogP contribution in [0.25, 0.3) is 17.0 Å². The van der Waals surface area contributed by atoms with Crippen molar-refractivity contribution in [3.63, 3.8) is 0 Å². The Bertz CT molecular complexity index is 1320. The summed E-state index contributed by atoms with van der Waals surface area (Å²) in [5.74, 6) is 0.457. The van der Waals surface area contributed by atoms with E-state index in [-0.39, 0.29) is 24.7 Å². The molecule has 0 saturated heterocycles. The standard InChI is InChI=1S/C21H17ClN6O4/c1-13-12-14(6-7-17(13)28(30)31)21(29)23-10-11-32-19-9-8-18-24-25-20(27(18)26-19)15-4-2-3-5-16(15)22/h2-9,12H,10-11H2,1H3,(H,23,29). The van der Waals surface area contributed by atoms with Gasteiger partial charge in [-0.1, -0.05) is 23.7 Å². The lowest BCUT2D eigenvalue weighted by atomic mass is 10.1. The molecule has 32 heavy (non-hydrogen) atoms. The molecular weight excluding hydrogens is 436 g/mol. The molecule has 0 aliphatic heterocycles. The molecule has 0 atom stereocenters. The minimum absolute atomic E-state index is 0.0310. The zero-order chi connectivity index (χ0) is 22.7. The summed E-state index contributed by atoms with van der Waals surface area (Å²) in [6, 6.07) is 14.8. The van der Waals surface area contributed by atoms with Gasteiger partial charge in [0.2, 0.25) is 5.88 Å². The molecule has 0 fully saturated rings. The zero-order valence-corrected chi connectivity index (χ0v) is 17.6. The fourth-order valence-corrected chi connectivity index (χ4v) is 3.30. The summed E-state index contributed by atoms with van der Waals surface area (Å²) in [6.07, 6.45) is 0. The number of rotatable bonds is 7. The number of ether oxygens (including phenoxy) is 1. The van der Waals surface area contributed by atoms with E-state index in [1.54, 1.807) is 25.1 Å². The molecule has 0 aliphatic carbocycles. The first-order chi connectivity index (χ1) is 15.4. The minimum Gasteiger partial charge on any atom is -0.475 e. The van der Waals surface area contributed by atoms with E-state index >= 15 is 0 Å². The molecule has 2 aromatic heterocycles. The van der Waals surface area contributed by atoms with Gasteiger partial charge in [0, 0.05) is 28.8 Å². The van der Waals surface area contributed by atoms with Crippen LogP contribution in [0.1, 0.15) is 15.9 Å². The molecule has 0 spiro atoms. The van der Waals surface area contributed by atoms with Gasteiger partial charge in [-0.2, -0.15) is 4.52 Å². The number of nitro benzene ring substituents is 1. The average molecular weight is 453 g/mol. The van der Waals surface area contributed by atoms with Gasteiger partial charge in [-0.05, 0) is 37.3 Å². The highest BCUT2D eigenvalue weighted by Crippen LogP contribution is 2.26. The van der Waals surface area contributed by atoms with Gasteiger partial charge in [0.25, 0.3) is 11.6 Å². The summed E-state index contributed by atoms with van der Waals surface area (Å²) < 4.78 is 7.18. The van der Waals surface area contributed by atoms with Crippen molar-refractivity contribution in [3.8, 4) is 17.3 Å². The second kappa shape index (κ2) is 8.98. The number of nitrogens with zero attached hydrogens (tertiary/aromatic N) is 5. The van der Waals surface area contributed by atoms with E-state index in [0.29, 0.717) is 39.1 Å². The first-order valence-corrected chi connectivity index (χ1v) is 9.95. The maximum Gasteiger partial charge on any atom is 0.272 e. The number of carbonyl (C=O) groups excluding carboxylic acids is 1. The molecule has 1 amide bonds. The van der Waals surface area contributed by atoms with E-state index in [1.807, 2.05) is 18.2 Å². The van der Waals surface area contributed by atoms with Gasteiger partial charge in [0.15, 0.2) is 11.5 Å². The second-order valence-electron chi connectivity index (χ2n) is 6.81.